The third kappa shape index (κ3) is 4.72. The van der Waals surface area contributed by atoms with E-state index in [0.29, 0.717) is 12.0 Å². The summed E-state index contributed by atoms with van der Waals surface area (Å²) in [6.45, 7) is 7.53. The zero-order valence-electron chi connectivity index (χ0n) is 13.8. The van der Waals surface area contributed by atoms with E-state index in [4.69, 9.17) is 0 Å². The Hall–Kier alpha value is -1.06. The molecule has 3 nitrogen and oxygen atoms in total. The highest BCUT2D eigenvalue weighted by atomic mass is 35.5. The summed E-state index contributed by atoms with van der Waals surface area (Å²) in [5.74, 6) is 0.473. The average Bonchev–Trinajstić information content (AvgIpc) is 2.50. The van der Waals surface area contributed by atoms with Gasteiger partial charge in [0.05, 0.1) is 5.92 Å². The Kier molecular flexibility index (Phi) is 7.91. The van der Waals surface area contributed by atoms with E-state index >= 15 is 0 Å². The van der Waals surface area contributed by atoms with Crippen LogP contribution in [0.1, 0.15) is 51.5 Å². The van der Waals surface area contributed by atoms with Crippen LogP contribution in [-0.2, 0) is 4.79 Å². The van der Waals surface area contributed by atoms with E-state index in [1.165, 1.54) is 0 Å². The highest BCUT2D eigenvalue weighted by molar-refractivity contribution is 5.85. The molecule has 1 heterocycles. The molecule has 4 heteroatoms. The number of amides is 1. The summed E-state index contributed by atoms with van der Waals surface area (Å²) in [5.41, 5.74) is 1.13. The second-order valence-corrected chi connectivity index (χ2v) is 6.27. The Morgan fingerprint density at radius 1 is 1.36 bits per heavy atom. The van der Waals surface area contributed by atoms with Crippen molar-refractivity contribution >= 4 is 18.3 Å². The number of carbonyl (C=O) groups is 1. The summed E-state index contributed by atoms with van der Waals surface area (Å²) < 4.78 is 0. The zero-order chi connectivity index (χ0) is 15.2. The molecule has 2 rings (SSSR count). The van der Waals surface area contributed by atoms with Crippen LogP contribution in [0.15, 0.2) is 30.3 Å². The predicted molar refractivity (Wildman–Crippen MR) is 94.5 cm³/mol. The van der Waals surface area contributed by atoms with Crippen molar-refractivity contribution in [1.29, 1.82) is 0 Å². The summed E-state index contributed by atoms with van der Waals surface area (Å²) in [7, 11) is 0. The van der Waals surface area contributed by atoms with Crippen molar-refractivity contribution in [2.45, 2.75) is 58.0 Å². The Labute approximate surface area is 140 Å². The summed E-state index contributed by atoms with van der Waals surface area (Å²) in [4.78, 5) is 12.8. The van der Waals surface area contributed by atoms with Crippen LogP contribution in [0.25, 0.3) is 0 Å². The first kappa shape index (κ1) is 19.0. The van der Waals surface area contributed by atoms with E-state index in [2.05, 4.69) is 43.5 Å². The van der Waals surface area contributed by atoms with E-state index in [-0.39, 0.29) is 30.3 Å². The molecule has 1 aliphatic heterocycles. The fourth-order valence-corrected chi connectivity index (χ4v) is 3.15. The minimum absolute atomic E-state index is 0. The fraction of sp³-hybridized carbons (Fsp3) is 0.611. The second kappa shape index (κ2) is 9.16. The Balaban J connectivity index is 0.00000242. The van der Waals surface area contributed by atoms with Gasteiger partial charge in [-0.1, -0.05) is 50.6 Å². The quantitative estimate of drug-likeness (QED) is 0.870. The maximum atomic E-state index is 12.8. The molecule has 0 radical (unpaired) electrons. The van der Waals surface area contributed by atoms with Crippen LogP contribution in [-0.4, -0.2) is 24.5 Å². The highest BCUT2D eigenvalue weighted by Crippen LogP contribution is 2.27. The molecule has 22 heavy (non-hydrogen) atoms. The van der Waals surface area contributed by atoms with Crippen LogP contribution in [0.2, 0.25) is 0 Å². The lowest BCUT2D eigenvalue weighted by atomic mass is 9.84. The first-order valence-corrected chi connectivity index (χ1v) is 8.22. The number of halogens is 1. The van der Waals surface area contributed by atoms with Crippen molar-refractivity contribution < 1.29 is 4.79 Å². The van der Waals surface area contributed by atoms with Gasteiger partial charge in [-0.15, -0.1) is 12.4 Å². The van der Waals surface area contributed by atoms with Gasteiger partial charge in [0.1, 0.15) is 0 Å². The van der Waals surface area contributed by atoms with Gasteiger partial charge >= 0.3 is 0 Å². The minimum Gasteiger partial charge on any atom is -0.351 e. The third-order valence-corrected chi connectivity index (χ3v) is 4.74. The second-order valence-electron chi connectivity index (χ2n) is 6.27. The molecule has 124 valence electrons. The van der Waals surface area contributed by atoms with Gasteiger partial charge in [0.2, 0.25) is 5.91 Å². The number of benzene rings is 1. The van der Waals surface area contributed by atoms with Crippen LogP contribution in [0, 0.1) is 5.92 Å². The van der Waals surface area contributed by atoms with Crippen LogP contribution >= 0.6 is 12.4 Å². The third-order valence-electron chi connectivity index (χ3n) is 4.74. The van der Waals surface area contributed by atoms with Gasteiger partial charge in [0.15, 0.2) is 0 Å². The monoisotopic (exact) mass is 324 g/mol. The van der Waals surface area contributed by atoms with Crippen LogP contribution in [0.3, 0.4) is 0 Å². The van der Waals surface area contributed by atoms with Crippen molar-refractivity contribution in [1.82, 2.24) is 10.6 Å². The number of nitrogens with one attached hydrogen (secondary N) is 2. The summed E-state index contributed by atoms with van der Waals surface area (Å²) in [6.07, 6.45) is 3.21. The number of piperidine rings is 1. The number of carbonyl (C=O) groups excluding carboxylic acids is 1. The molecular weight excluding hydrogens is 296 g/mol. The molecule has 1 aromatic rings. The molecule has 4 unspecified atom stereocenters. The molecule has 1 aliphatic rings. The number of hydrogen-bond donors (Lipinski definition) is 2. The van der Waals surface area contributed by atoms with Gasteiger partial charge in [-0.05, 0) is 37.8 Å². The predicted octanol–water partition coefficient (Wildman–Crippen LogP) is 3.49. The molecule has 1 aromatic carbocycles. The molecule has 1 saturated heterocycles. The molecule has 0 bridgehead atoms. The molecule has 0 spiro atoms. The Morgan fingerprint density at radius 2 is 2.05 bits per heavy atom. The van der Waals surface area contributed by atoms with E-state index in [9.17, 15) is 4.79 Å². The van der Waals surface area contributed by atoms with Crippen molar-refractivity contribution in [3.63, 3.8) is 0 Å². The van der Waals surface area contributed by atoms with E-state index in [1.807, 2.05) is 18.2 Å². The van der Waals surface area contributed by atoms with Crippen LogP contribution in [0.5, 0.6) is 0 Å². The first-order chi connectivity index (χ1) is 10.1. The number of rotatable bonds is 5. The van der Waals surface area contributed by atoms with E-state index in [0.717, 1.165) is 31.4 Å². The van der Waals surface area contributed by atoms with E-state index < -0.39 is 0 Å². The Morgan fingerprint density at radius 3 is 2.64 bits per heavy atom. The lowest BCUT2D eigenvalue weighted by molar-refractivity contribution is -0.124. The lowest BCUT2D eigenvalue weighted by Gasteiger charge is -2.33. The topological polar surface area (TPSA) is 41.1 Å². The average molecular weight is 325 g/mol. The van der Waals surface area contributed by atoms with Crippen LogP contribution < -0.4 is 10.6 Å². The minimum atomic E-state index is -0.0506. The Bertz CT molecular complexity index is 452. The van der Waals surface area contributed by atoms with Crippen molar-refractivity contribution in [3.05, 3.63) is 35.9 Å². The summed E-state index contributed by atoms with van der Waals surface area (Å²) in [5, 5.41) is 6.73. The lowest BCUT2D eigenvalue weighted by Crippen LogP contribution is -2.53. The van der Waals surface area contributed by atoms with Gasteiger partial charge < -0.3 is 10.6 Å². The normalized spacial score (nSPS) is 24.0. The molecule has 1 fully saturated rings. The standard InChI is InChI=1S/C18H28N2O.ClH/c1-4-13(2)17(15-9-6-5-7-10-15)18(21)20-16-11-8-12-19-14(16)3;/h5-7,9-10,13-14,16-17,19H,4,8,11-12H2,1-3H3,(H,20,21);1H. The molecule has 1 amide bonds. The van der Waals surface area contributed by atoms with Crippen molar-refractivity contribution in [3.8, 4) is 0 Å². The van der Waals surface area contributed by atoms with Gasteiger partial charge in [-0.25, -0.2) is 0 Å². The van der Waals surface area contributed by atoms with Crippen molar-refractivity contribution in [2.24, 2.45) is 5.92 Å². The highest BCUT2D eigenvalue weighted by Gasteiger charge is 2.29. The van der Waals surface area contributed by atoms with Gasteiger partial charge in [-0.3, -0.25) is 4.79 Å². The van der Waals surface area contributed by atoms with Gasteiger partial charge in [0.25, 0.3) is 0 Å². The first-order valence-electron chi connectivity index (χ1n) is 8.22. The maximum Gasteiger partial charge on any atom is 0.228 e. The molecule has 4 atom stereocenters. The largest absolute Gasteiger partial charge is 0.351 e. The molecular formula is C18H29ClN2O. The number of hydrogen-bond acceptors (Lipinski definition) is 2. The van der Waals surface area contributed by atoms with Crippen LogP contribution in [0.4, 0.5) is 0 Å². The smallest absolute Gasteiger partial charge is 0.228 e. The molecule has 2 N–H and O–H groups in total. The molecule has 0 aromatic heterocycles. The fourth-order valence-electron chi connectivity index (χ4n) is 3.15. The van der Waals surface area contributed by atoms with Gasteiger partial charge in [0, 0.05) is 12.1 Å². The molecule has 0 saturated carbocycles. The van der Waals surface area contributed by atoms with Crippen molar-refractivity contribution in [2.75, 3.05) is 6.54 Å². The summed E-state index contributed by atoms with van der Waals surface area (Å²) in [6, 6.07) is 10.8. The molecule has 0 aliphatic carbocycles. The maximum absolute atomic E-state index is 12.8. The van der Waals surface area contributed by atoms with E-state index in [1.54, 1.807) is 0 Å². The summed E-state index contributed by atoms with van der Waals surface area (Å²) >= 11 is 0. The van der Waals surface area contributed by atoms with Gasteiger partial charge in [-0.2, -0.15) is 0 Å². The zero-order valence-corrected chi connectivity index (χ0v) is 14.7. The SMILES string of the molecule is CCC(C)C(C(=O)NC1CCCNC1C)c1ccccc1.Cl.